The summed E-state index contributed by atoms with van der Waals surface area (Å²) in [5.41, 5.74) is 1.19. The van der Waals surface area contributed by atoms with Gasteiger partial charge < -0.3 is 19.9 Å². The zero-order valence-electron chi connectivity index (χ0n) is 20.3. The zero-order chi connectivity index (χ0) is 25.8. The summed E-state index contributed by atoms with van der Waals surface area (Å²) >= 11 is 0. The SMILES string of the molecule is C=Cc1ccc(S(=O)(=O)N2CCN(CC3(NC(=O)OC)CCN(c4ccncc4)CC3)C(=O)C2)cc1. The second-order valence-electron chi connectivity index (χ2n) is 9.02. The third-order valence-electron chi connectivity index (χ3n) is 6.83. The molecule has 36 heavy (non-hydrogen) atoms. The first-order valence-electron chi connectivity index (χ1n) is 11.8. The number of carbonyl (C=O) groups excluding carboxylic acids is 2. The highest BCUT2D eigenvalue weighted by molar-refractivity contribution is 7.89. The van der Waals surface area contributed by atoms with Crippen LogP contribution in [-0.4, -0.2) is 86.5 Å². The number of nitrogens with zero attached hydrogens (tertiary/aromatic N) is 4. The lowest BCUT2D eigenvalue weighted by Crippen LogP contribution is -2.63. The molecule has 2 saturated heterocycles. The Morgan fingerprint density at radius 2 is 1.78 bits per heavy atom. The number of sulfonamides is 1. The van der Waals surface area contributed by atoms with Crippen molar-refractivity contribution in [3.63, 3.8) is 0 Å². The molecule has 11 heteroatoms. The van der Waals surface area contributed by atoms with E-state index in [1.165, 1.54) is 23.5 Å². The Morgan fingerprint density at radius 1 is 1.11 bits per heavy atom. The number of hydrogen-bond acceptors (Lipinski definition) is 7. The fraction of sp³-hybridized carbons (Fsp3) is 0.400. The molecule has 1 N–H and O–H groups in total. The molecule has 2 fully saturated rings. The van der Waals surface area contributed by atoms with Crippen LogP contribution in [0.3, 0.4) is 0 Å². The molecule has 1 aromatic heterocycles. The monoisotopic (exact) mass is 513 g/mol. The van der Waals surface area contributed by atoms with Crippen LogP contribution in [0.2, 0.25) is 0 Å². The number of benzene rings is 1. The molecule has 0 aliphatic carbocycles. The minimum atomic E-state index is -3.80. The lowest BCUT2D eigenvalue weighted by Gasteiger charge is -2.46. The number of rotatable bonds is 7. The topological polar surface area (TPSA) is 112 Å². The van der Waals surface area contributed by atoms with Crippen molar-refractivity contribution in [3.8, 4) is 0 Å². The van der Waals surface area contributed by atoms with Gasteiger partial charge in [-0.15, -0.1) is 0 Å². The van der Waals surface area contributed by atoms with E-state index >= 15 is 0 Å². The number of carbonyl (C=O) groups is 2. The predicted octanol–water partition coefficient (Wildman–Crippen LogP) is 1.95. The first-order chi connectivity index (χ1) is 17.3. The van der Waals surface area contributed by atoms with Gasteiger partial charge in [0.05, 0.1) is 24.1 Å². The van der Waals surface area contributed by atoms with Crippen LogP contribution in [0.5, 0.6) is 0 Å². The molecule has 4 rings (SSSR count). The predicted molar refractivity (Wildman–Crippen MR) is 136 cm³/mol. The normalized spacial score (nSPS) is 18.5. The maximum atomic E-state index is 13.1. The molecular weight excluding hydrogens is 482 g/mol. The van der Waals surface area contributed by atoms with Crippen molar-refractivity contribution >= 4 is 33.8 Å². The van der Waals surface area contributed by atoms with E-state index in [4.69, 9.17) is 4.74 Å². The molecule has 0 spiro atoms. The van der Waals surface area contributed by atoms with E-state index in [1.807, 2.05) is 12.1 Å². The van der Waals surface area contributed by atoms with E-state index in [9.17, 15) is 18.0 Å². The van der Waals surface area contributed by atoms with Crippen molar-refractivity contribution in [2.75, 3.05) is 51.3 Å². The van der Waals surface area contributed by atoms with Crippen molar-refractivity contribution in [1.82, 2.24) is 19.5 Å². The molecule has 0 unspecified atom stereocenters. The smallest absolute Gasteiger partial charge is 0.407 e. The minimum Gasteiger partial charge on any atom is -0.453 e. The number of nitrogens with one attached hydrogen (secondary N) is 1. The van der Waals surface area contributed by atoms with Crippen LogP contribution in [-0.2, 0) is 19.6 Å². The average molecular weight is 514 g/mol. The Bertz CT molecular complexity index is 1200. The van der Waals surface area contributed by atoms with Crippen LogP contribution < -0.4 is 10.2 Å². The highest BCUT2D eigenvalue weighted by Gasteiger charge is 2.41. The molecule has 1 aromatic carbocycles. The third-order valence-corrected chi connectivity index (χ3v) is 8.69. The van der Waals surface area contributed by atoms with Gasteiger partial charge in [-0.3, -0.25) is 9.78 Å². The largest absolute Gasteiger partial charge is 0.453 e. The molecule has 0 saturated carbocycles. The van der Waals surface area contributed by atoms with Crippen molar-refractivity contribution in [2.45, 2.75) is 23.3 Å². The van der Waals surface area contributed by atoms with Crippen LogP contribution in [0.4, 0.5) is 10.5 Å². The molecule has 2 amide bonds. The number of aromatic nitrogens is 1. The first-order valence-corrected chi connectivity index (χ1v) is 13.2. The summed E-state index contributed by atoms with van der Waals surface area (Å²) in [6.07, 6.45) is 5.77. The number of piperazine rings is 1. The summed E-state index contributed by atoms with van der Waals surface area (Å²) in [6.45, 7) is 5.48. The number of amides is 2. The molecule has 3 heterocycles. The van der Waals surface area contributed by atoms with Gasteiger partial charge in [-0.05, 0) is 42.7 Å². The van der Waals surface area contributed by atoms with Gasteiger partial charge in [-0.1, -0.05) is 24.8 Å². The standard InChI is InChI=1S/C25H31N5O5S/c1-3-20-4-6-22(7-5-20)36(33,34)30-17-16-29(23(31)18-30)19-25(27-24(32)35-2)10-14-28(15-11-25)21-8-12-26-13-9-21/h3-9,12-13H,1,10-11,14-19H2,2H3,(H,27,32). The number of pyridine rings is 1. The van der Waals surface area contributed by atoms with Crippen molar-refractivity contribution in [3.05, 3.63) is 60.9 Å². The van der Waals surface area contributed by atoms with Gasteiger partial charge in [0.25, 0.3) is 0 Å². The summed E-state index contributed by atoms with van der Waals surface area (Å²) in [7, 11) is -2.49. The Hall–Kier alpha value is -3.44. The van der Waals surface area contributed by atoms with E-state index < -0.39 is 21.7 Å². The lowest BCUT2D eigenvalue weighted by atomic mass is 9.86. The summed E-state index contributed by atoms with van der Waals surface area (Å²) in [5, 5.41) is 2.97. The van der Waals surface area contributed by atoms with E-state index in [0.717, 1.165) is 11.3 Å². The highest BCUT2D eigenvalue weighted by atomic mass is 32.2. The van der Waals surface area contributed by atoms with Crippen molar-refractivity contribution in [2.24, 2.45) is 0 Å². The summed E-state index contributed by atoms with van der Waals surface area (Å²) in [4.78, 5) is 33.3. The summed E-state index contributed by atoms with van der Waals surface area (Å²) < 4.78 is 32.3. The van der Waals surface area contributed by atoms with Gasteiger partial charge in [0.1, 0.15) is 0 Å². The van der Waals surface area contributed by atoms with Gasteiger partial charge in [0, 0.05) is 50.8 Å². The van der Waals surface area contributed by atoms with Crippen LogP contribution in [0.1, 0.15) is 18.4 Å². The fourth-order valence-corrected chi connectivity index (χ4v) is 6.07. The first kappa shape index (κ1) is 25.6. The van der Waals surface area contributed by atoms with Gasteiger partial charge in [-0.25, -0.2) is 13.2 Å². The lowest BCUT2D eigenvalue weighted by molar-refractivity contribution is -0.135. The molecule has 2 aliphatic heterocycles. The molecular formula is C25H31N5O5S. The van der Waals surface area contributed by atoms with Gasteiger partial charge in [-0.2, -0.15) is 4.31 Å². The second kappa shape index (κ2) is 10.7. The molecule has 10 nitrogen and oxygen atoms in total. The highest BCUT2D eigenvalue weighted by Crippen LogP contribution is 2.28. The molecule has 0 atom stereocenters. The molecule has 2 aromatic rings. The molecule has 192 valence electrons. The summed E-state index contributed by atoms with van der Waals surface area (Å²) in [5.74, 6) is -0.296. The number of ether oxygens (including phenoxy) is 1. The molecule has 2 aliphatic rings. The Kier molecular flexibility index (Phi) is 7.60. The number of piperidine rings is 1. The van der Waals surface area contributed by atoms with E-state index in [-0.39, 0.29) is 37.0 Å². The third kappa shape index (κ3) is 5.52. The maximum Gasteiger partial charge on any atom is 0.407 e. The Balaban J connectivity index is 1.44. The number of anilines is 1. The Morgan fingerprint density at radius 3 is 2.36 bits per heavy atom. The van der Waals surface area contributed by atoms with E-state index in [0.29, 0.717) is 25.9 Å². The fourth-order valence-electron chi connectivity index (χ4n) is 4.69. The summed E-state index contributed by atoms with van der Waals surface area (Å²) in [6, 6.07) is 10.3. The van der Waals surface area contributed by atoms with Gasteiger partial charge in [0.2, 0.25) is 15.9 Å². The van der Waals surface area contributed by atoms with Gasteiger partial charge >= 0.3 is 6.09 Å². The second-order valence-corrected chi connectivity index (χ2v) is 11.0. The quantitative estimate of drug-likeness (QED) is 0.602. The van der Waals surface area contributed by atoms with Crippen LogP contribution in [0.15, 0.2) is 60.3 Å². The van der Waals surface area contributed by atoms with Crippen molar-refractivity contribution < 1.29 is 22.7 Å². The number of methoxy groups -OCH3 is 1. The average Bonchev–Trinajstić information content (AvgIpc) is 2.90. The number of alkyl carbamates (subject to hydrolysis) is 1. The Labute approximate surface area is 211 Å². The van der Waals surface area contributed by atoms with Gasteiger partial charge in [0.15, 0.2) is 0 Å². The molecule has 0 bridgehead atoms. The van der Waals surface area contributed by atoms with Crippen LogP contribution >= 0.6 is 0 Å². The van der Waals surface area contributed by atoms with Crippen LogP contribution in [0.25, 0.3) is 6.08 Å². The van der Waals surface area contributed by atoms with Crippen molar-refractivity contribution in [1.29, 1.82) is 0 Å². The maximum absolute atomic E-state index is 13.1. The van der Waals surface area contributed by atoms with E-state index in [1.54, 1.807) is 35.5 Å². The van der Waals surface area contributed by atoms with E-state index in [2.05, 4.69) is 21.8 Å². The van der Waals surface area contributed by atoms with Crippen LogP contribution in [0, 0.1) is 0 Å². The zero-order valence-corrected chi connectivity index (χ0v) is 21.1. The minimum absolute atomic E-state index is 0.140. The number of hydrogen-bond donors (Lipinski definition) is 1. The molecule has 0 radical (unpaired) electrons.